The molecule has 0 aliphatic rings. The van der Waals surface area contributed by atoms with E-state index < -0.39 is 0 Å². The van der Waals surface area contributed by atoms with Crippen molar-refractivity contribution in [1.82, 2.24) is 15.0 Å². The third kappa shape index (κ3) is 2.51. The van der Waals surface area contributed by atoms with Gasteiger partial charge in [0.1, 0.15) is 16.5 Å². The second-order valence-electron chi connectivity index (χ2n) is 5.39. The van der Waals surface area contributed by atoms with Crippen molar-refractivity contribution in [3.8, 4) is 28.0 Å². The van der Waals surface area contributed by atoms with Crippen molar-refractivity contribution in [1.29, 1.82) is 0 Å². The molecular weight excluding hydrogens is 322 g/mol. The first kappa shape index (κ1) is 14.7. The highest BCUT2D eigenvalue weighted by Gasteiger charge is 2.12. The first-order valence-electron chi connectivity index (χ1n) is 7.49. The standard InChI is InChI=1S/C19H14ClN3O/c1-24-17-5-3-2-4-14(17)16-11-23-19-15(16)8-13(10-22-19)12-6-7-18(20)21-9-12/h2-11H,1H3,(H,22,23). The van der Waals surface area contributed by atoms with Crippen LogP contribution in [0.25, 0.3) is 33.3 Å². The molecule has 118 valence electrons. The minimum absolute atomic E-state index is 0.476. The van der Waals surface area contributed by atoms with Crippen LogP contribution in [0, 0.1) is 0 Å². The molecule has 1 N–H and O–H groups in total. The quantitative estimate of drug-likeness (QED) is 0.539. The van der Waals surface area contributed by atoms with Gasteiger partial charge in [0.05, 0.1) is 7.11 Å². The lowest BCUT2D eigenvalue weighted by molar-refractivity contribution is 0.416. The first-order chi connectivity index (χ1) is 11.8. The van der Waals surface area contributed by atoms with Crippen molar-refractivity contribution in [3.05, 3.63) is 66.2 Å². The molecule has 4 nitrogen and oxygen atoms in total. The normalized spacial score (nSPS) is 10.9. The number of nitrogens with one attached hydrogen (secondary N) is 1. The number of methoxy groups -OCH3 is 1. The van der Waals surface area contributed by atoms with Gasteiger partial charge in [-0.3, -0.25) is 0 Å². The number of rotatable bonds is 3. The molecule has 0 atom stereocenters. The lowest BCUT2D eigenvalue weighted by Crippen LogP contribution is -1.87. The number of nitrogens with zero attached hydrogens (tertiary/aromatic N) is 2. The molecule has 0 amide bonds. The minimum atomic E-state index is 0.476. The Labute approximate surface area is 144 Å². The molecule has 3 aromatic heterocycles. The number of aromatic amines is 1. The largest absolute Gasteiger partial charge is 0.496 e. The van der Waals surface area contributed by atoms with E-state index in [0.29, 0.717) is 5.15 Å². The van der Waals surface area contributed by atoms with Crippen LogP contribution in [0.2, 0.25) is 5.15 Å². The summed E-state index contributed by atoms with van der Waals surface area (Å²) in [7, 11) is 1.68. The van der Waals surface area contributed by atoms with Crippen LogP contribution in [0.5, 0.6) is 5.75 Å². The SMILES string of the molecule is COc1ccccc1-c1c[nH]c2ncc(-c3ccc(Cl)nc3)cc12. The summed E-state index contributed by atoms with van der Waals surface area (Å²) in [6.07, 6.45) is 5.54. The van der Waals surface area contributed by atoms with Gasteiger partial charge < -0.3 is 9.72 Å². The lowest BCUT2D eigenvalue weighted by atomic mass is 10.0. The zero-order valence-electron chi connectivity index (χ0n) is 13.0. The van der Waals surface area contributed by atoms with Crippen LogP contribution in [-0.4, -0.2) is 22.1 Å². The number of benzene rings is 1. The van der Waals surface area contributed by atoms with Gasteiger partial charge in [-0.2, -0.15) is 0 Å². The summed E-state index contributed by atoms with van der Waals surface area (Å²) in [5.41, 5.74) is 4.88. The zero-order chi connectivity index (χ0) is 16.5. The van der Waals surface area contributed by atoms with Crippen LogP contribution < -0.4 is 4.74 Å². The topological polar surface area (TPSA) is 50.8 Å². The van der Waals surface area contributed by atoms with Gasteiger partial charge >= 0.3 is 0 Å². The predicted octanol–water partition coefficient (Wildman–Crippen LogP) is 4.95. The Hall–Kier alpha value is -2.85. The second-order valence-corrected chi connectivity index (χ2v) is 5.78. The van der Waals surface area contributed by atoms with Crippen LogP contribution >= 0.6 is 11.6 Å². The fourth-order valence-corrected chi connectivity index (χ4v) is 2.91. The maximum absolute atomic E-state index is 5.87. The Morgan fingerprint density at radius 1 is 0.958 bits per heavy atom. The van der Waals surface area contributed by atoms with E-state index in [-0.39, 0.29) is 0 Å². The van der Waals surface area contributed by atoms with Gasteiger partial charge in [-0.1, -0.05) is 29.8 Å². The van der Waals surface area contributed by atoms with Gasteiger partial charge in [0.15, 0.2) is 0 Å². The van der Waals surface area contributed by atoms with Gasteiger partial charge in [0, 0.05) is 46.2 Å². The van der Waals surface area contributed by atoms with E-state index in [1.165, 1.54) is 0 Å². The molecule has 0 aliphatic carbocycles. The van der Waals surface area contributed by atoms with E-state index >= 15 is 0 Å². The molecule has 0 aliphatic heterocycles. The Balaban J connectivity index is 1.89. The van der Waals surface area contributed by atoms with Crippen LogP contribution in [0.1, 0.15) is 0 Å². The molecule has 0 saturated carbocycles. The average molecular weight is 336 g/mol. The first-order valence-corrected chi connectivity index (χ1v) is 7.86. The highest BCUT2D eigenvalue weighted by molar-refractivity contribution is 6.29. The maximum Gasteiger partial charge on any atom is 0.137 e. The molecule has 4 rings (SSSR count). The van der Waals surface area contributed by atoms with Crippen molar-refractivity contribution in [2.45, 2.75) is 0 Å². The van der Waals surface area contributed by atoms with E-state index in [0.717, 1.165) is 39.0 Å². The van der Waals surface area contributed by atoms with Crippen LogP contribution in [0.15, 0.2) is 61.1 Å². The molecule has 24 heavy (non-hydrogen) atoms. The molecule has 1 aromatic carbocycles. The number of H-pyrrole nitrogens is 1. The number of hydrogen-bond acceptors (Lipinski definition) is 3. The summed E-state index contributed by atoms with van der Waals surface area (Å²) in [5, 5.41) is 1.51. The van der Waals surface area contributed by atoms with E-state index in [4.69, 9.17) is 16.3 Å². The van der Waals surface area contributed by atoms with Gasteiger partial charge in [-0.15, -0.1) is 0 Å². The number of fused-ring (bicyclic) bond motifs is 1. The molecule has 0 unspecified atom stereocenters. The molecule has 4 aromatic rings. The van der Waals surface area contributed by atoms with Crippen LogP contribution in [0.3, 0.4) is 0 Å². The maximum atomic E-state index is 5.87. The Morgan fingerprint density at radius 3 is 2.58 bits per heavy atom. The van der Waals surface area contributed by atoms with E-state index in [1.807, 2.05) is 42.7 Å². The summed E-state index contributed by atoms with van der Waals surface area (Å²) in [6, 6.07) is 13.8. The summed E-state index contributed by atoms with van der Waals surface area (Å²) >= 11 is 5.87. The molecular formula is C19H14ClN3O. The Kier molecular flexibility index (Phi) is 3.67. The number of pyridine rings is 2. The number of halogens is 1. The van der Waals surface area contributed by atoms with Crippen molar-refractivity contribution in [2.75, 3.05) is 7.11 Å². The third-order valence-corrected chi connectivity index (χ3v) is 4.21. The summed E-state index contributed by atoms with van der Waals surface area (Å²) < 4.78 is 5.49. The van der Waals surface area contributed by atoms with E-state index in [2.05, 4.69) is 21.0 Å². The zero-order valence-corrected chi connectivity index (χ0v) is 13.7. The fourth-order valence-electron chi connectivity index (χ4n) is 2.80. The van der Waals surface area contributed by atoms with E-state index in [9.17, 15) is 0 Å². The van der Waals surface area contributed by atoms with Gasteiger partial charge in [0.2, 0.25) is 0 Å². The van der Waals surface area contributed by atoms with Crippen molar-refractivity contribution >= 4 is 22.6 Å². The summed E-state index contributed by atoms with van der Waals surface area (Å²) in [4.78, 5) is 11.9. The Morgan fingerprint density at radius 2 is 1.79 bits per heavy atom. The molecule has 0 spiro atoms. The average Bonchev–Trinajstić information content (AvgIpc) is 3.05. The minimum Gasteiger partial charge on any atom is -0.496 e. The molecule has 0 radical (unpaired) electrons. The predicted molar refractivity (Wildman–Crippen MR) is 96.3 cm³/mol. The third-order valence-electron chi connectivity index (χ3n) is 3.99. The smallest absolute Gasteiger partial charge is 0.137 e. The molecule has 0 saturated heterocycles. The number of ether oxygens (including phenoxy) is 1. The fraction of sp³-hybridized carbons (Fsp3) is 0.0526. The molecule has 0 fully saturated rings. The van der Waals surface area contributed by atoms with E-state index in [1.54, 1.807) is 19.4 Å². The monoisotopic (exact) mass is 335 g/mol. The highest BCUT2D eigenvalue weighted by atomic mass is 35.5. The number of hydrogen-bond donors (Lipinski definition) is 1. The van der Waals surface area contributed by atoms with Gasteiger partial charge in [-0.25, -0.2) is 9.97 Å². The Bertz CT molecular complexity index is 1010. The number of para-hydroxylation sites is 1. The summed E-state index contributed by atoms with van der Waals surface area (Å²) in [5.74, 6) is 0.831. The van der Waals surface area contributed by atoms with Crippen LogP contribution in [0.4, 0.5) is 0 Å². The number of aromatic nitrogens is 3. The van der Waals surface area contributed by atoms with Gasteiger partial charge in [0.25, 0.3) is 0 Å². The second kappa shape index (κ2) is 5.98. The summed E-state index contributed by atoms with van der Waals surface area (Å²) in [6.45, 7) is 0. The van der Waals surface area contributed by atoms with Gasteiger partial charge in [-0.05, 0) is 24.3 Å². The van der Waals surface area contributed by atoms with Crippen molar-refractivity contribution in [3.63, 3.8) is 0 Å². The molecule has 0 bridgehead atoms. The highest BCUT2D eigenvalue weighted by Crippen LogP contribution is 2.35. The molecule has 3 heterocycles. The van der Waals surface area contributed by atoms with Crippen molar-refractivity contribution < 1.29 is 4.74 Å². The lowest BCUT2D eigenvalue weighted by Gasteiger charge is -2.07. The van der Waals surface area contributed by atoms with Crippen LogP contribution in [-0.2, 0) is 0 Å². The molecule has 5 heteroatoms. The van der Waals surface area contributed by atoms with Crippen molar-refractivity contribution in [2.24, 2.45) is 0 Å².